The first-order valence-corrected chi connectivity index (χ1v) is 7.93. The summed E-state index contributed by atoms with van der Waals surface area (Å²) in [7, 11) is -3.27. The van der Waals surface area contributed by atoms with Crippen molar-refractivity contribution in [1.82, 2.24) is 0 Å². The predicted octanol–water partition coefficient (Wildman–Crippen LogP) is 2.13. The third-order valence-corrected chi connectivity index (χ3v) is 4.88. The normalized spacial score (nSPS) is 21.6. The van der Waals surface area contributed by atoms with E-state index in [0.29, 0.717) is 22.7 Å². The average Bonchev–Trinajstić information content (AvgIpc) is 2.83. The number of anilines is 2. The van der Waals surface area contributed by atoms with Gasteiger partial charge in [-0.1, -0.05) is 19.9 Å². The van der Waals surface area contributed by atoms with E-state index in [4.69, 9.17) is 5.73 Å². The molecule has 18 heavy (non-hydrogen) atoms. The summed E-state index contributed by atoms with van der Waals surface area (Å²) in [4.78, 5) is 0.197. The highest BCUT2D eigenvalue weighted by molar-refractivity contribution is 7.90. The first kappa shape index (κ1) is 13.2. The van der Waals surface area contributed by atoms with Crippen LogP contribution in [0.5, 0.6) is 0 Å². The number of rotatable bonds is 4. The van der Waals surface area contributed by atoms with Crippen molar-refractivity contribution in [3.8, 4) is 0 Å². The molecule has 1 aromatic rings. The monoisotopic (exact) mass is 268 g/mol. The SMILES string of the molecule is CC1(C)CC1CNc1cccc(S(C)(=O)=O)c1N. The highest BCUT2D eigenvalue weighted by atomic mass is 32.2. The van der Waals surface area contributed by atoms with Gasteiger partial charge in [0.05, 0.1) is 16.3 Å². The van der Waals surface area contributed by atoms with Gasteiger partial charge in [0.2, 0.25) is 0 Å². The Morgan fingerprint density at radius 3 is 2.56 bits per heavy atom. The molecule has 4 nitrogen and oxygen atoms in total. The lowest BCUT2D eigenvalue weighted by atomic mass is 10.1. The Labute approximate surface area is 108 Å². The van der Waals surface area contributed by atoms with Crippen LogP contribution in [0.4, 0.5) is 11.4 Å². The molecule has 1 fully saturated rings. The second-order valence-electron chi connectivity index (χ2n) is 5.76. The lowest BCUT2D eigenvalue weighted by Gasteiger charge is -2.12. The molecule has 0 aromatic heterocycles. The number of nitrogens with two attached hydrogens (primary N) is 1. The fraction of sp³-hybridized carbons (Fsp3) is 0.538. The largest absolute Gasteiger partial charge is 0.396 e. The molecular formula is C13H20N2O2S. The summed E-state index contributed by atoms with van der Waals surface area (Å²) in [6.07, 6.45) is 2.37. The third kappa shape index (κ3) is 2.61. The minimum absolute atomic E-state index is 0.197. The van der Waals surface area contributed by atoms with Crippen molar-refractivity contribution in [3.05, 3.63) is 18.2 Å². The standard InChI is InChI=1S/C13H20N2O2S/c1-13(2)7-9(13)8-15-10-5-4-6-11(12(10)14)18(3,16)17/h4-6,9,15H,7-8,14H2,1-3H3. The lowest BCUT2D eigenvalue weighted by Crippen LogP contribution is -2.11. The van der Waals surface area contributed by atoms with E-state index in [0.717, 1.165) is 6.54 Å². The quantitative estimate of drug-likeness (QED) is 0.821. The number of sulfone groups is 1. The smallest absolute Gasteiger partial charge is 0.177 e. The molecule has 1 atom stereocenters. The Hall–Kier alpha value is -1.23. The summed E-state index contributed by atoms with van der Waals surface area (Å²) in [5.74, 6) is 0.638. The summed E-state index contributed by atoms with van der Waals surface area (Å²) in [6.45, 7) is 5.30. The van der Waals surface area contributed by atoms with E-state index in [1.807, 2.05) is 6.07 Å². The van der Waals surface area contributed by atoms with Crippen LogP contribution in [0, 0.1) is 11.3 Å². The molecule has 2 rings (SSSR count). The topological polar surface area (TPSA) is 72.2 Å². The second-order valence-corrected chi connectivity index (χ2v) is 7.74. The van der Waals surface area contributed by atoms with Gasteiger partial charge in [-0.15, -0.1) is 0 Å². The van der Waals surface area contributed by atoms with E-state index < -0.39 is 9.84 Å². The molecule has 3 N–H and O–H groups in total. The average molecular weight is 268 g/mol. The van der Waals surface area contributed by atoms with Crippen LogP contribution in [0.2, 0.25) is 0 Å². The van der Waals surface area contributed by atoms with Crippen LogP contribution in [0.25, 0.3) is 0 Å². The molecule has 1 aromatic carbocycles. The molecule has 1 unspecified atom stereocenters. The van der Waals surface area contributed by atoms with Crippen molar-refractivity contribution < 1.29 is 8.42 Å². The number of nitrogens with one attached hydrogen (secondary N) is 1. The summed E-state index contributed by atoms with van der Waals surface area (Å²) in [5, 5.41) is 3.25. The maximum absolute atomic E-state index is 11.6. The first-order chi connectivity index (χ1) is 8.22. The first-order valence-electron chi connectivity index (χ1n) is 6.04. The van der Waals surface area contributed by atoms with Crippen molar-refractivity contribution in [2.45, 2.75) is 25.2 Å². The van der Waals surface area contributed by atoms with E-state index in [1.165, 1.54) is 18.7 Å². The van der Waals surface area contributed by atoms with Gasteiger partial charge < -0.3 is 11.1 Å². The zero-order valence-corrected chi connectivity index (χ0v) is 11.8. The zero-order valence-electron chi connectivity index (χ0n) is 11.0. The lowest BCUT2D eigenvalue weighted by molar-refractivity contribution is 0.573. The highest BCUT2D eigenvalue weighted by Gasteiger charge is 2.44. The van der Waals surface area contributed by atoms with Crippen molar-refractivity contribution >= 4 is 21.2 Å². The number of nitrogen functional groups attached to an aromatic ring is 1. The van der Waals surface area contributed by atoms with E-state index in [2.05, 4.69) is 19.2 Å². The van der Waals surface area contributed by atoms with Crippen LogP contribution in [-0.2, 0) is 9.84 Å². The maximum Gasteiger partial charge on any atom is 0.177 e. The van der Waals surface area contributed by atoms with E-state index in [1.54, 1.807) is 6.07 Å². The van der Waals surface area contributed by atoms with Crippen molar-refractivity contribution in [1.29, 1.82) is 0 Å². The van der Waals surface area contributed by atoms with Gasteiger partial charge in [-0.05, 0) is 29.9 Å². The van der Waals surface area contributed by atoms with Gasteiger partial charge in [-0.2, -0.15) is 0 Å². The Bertz CT molecular complexity index is 564. The van der Waals surface area contributed by atoms with Gasteiger partial charge in [-0.25, -0.2) is 8.42 Å². The molecule has 1 aliphatic rings. The summed E-state index contributed by atoms with van der Waals surface area (Å²) in [6, 6.07) is 5.07. The third-order valence-electron chi connectivity index (χ3n) is 3.72. The highest BCUT2D eigenvalue weighted by Crippen LogP contribution is 2.51. The minimum atomic E-state index is -3.27. The molecule has 100 valence electrons. The second kappa shape index (κ2) is 4.16. The zero-order chi connectivity index (χ0) is 13.6. The van der Waals surface area contributed by atoms with E-state index >= 15 is 0 Å². The van der Waals surface area contributed by atoms with E-state index in [9.17, 15) is 8.42 Å². The number of para-hydroxylation sites is 1. The van der Waals surface area contributed by atoms with Crippen LogP contribution in [0.1, 0.15) is 20.3 Å². The Kier molecular flexibility index (Phi) is 3.05. The van der Waals surface area contributed by atoms with Crippen LogP contribution < -0.4 is 11.1 Å². The van der Waals surface area contributed by atoms with Crippen LogP contribution in [-0.4, -0.2) is 21.2 Å². The van der Waals surface area contributed by atoms with Crippen molar-refractivity contribution in [3.63, 3.8) is 0 Å². The molecule has 0 radical (unpaired) electrons. The molecule has 1 aliphatic carbocycles. The number of hydrogen-bond acceptors (Lipinski definition) is 4. The molecule has 0 spiro atoms. The summed E-state index contributed by atoms with van der Waals surface area (Å²) >= 11 is 0. The molecule has 0 saturated heterocycles. The molecule has 5 heteroatoms. The molecule has 0 aliphatic heterocycles. The van der Waals surface area contributed by atoms with Crippen molar-refractivity contribution in [2.75, 3.05) is 23.9 Å². The molecule has 0 amide bonds. The van der Waals surface area contributed by atoms with Gasteiger partial charge in [0.1, 0.15) is 0 Å². The summed E-state index contributed by atoms with van der Waals surface area (Å²) in [5.41, 5.74) is 7.33. The van der Waals surface area contributed by atoms with Gasteiger partial charge in [0.15, 0.2) is 9.84 Å². The van der Waals surface area contributed by atoms with Crippen LogP contribution in [0.15, 0.2) is 23.1 Å². The minimum Gasteiger partial charge on any atom is -0.396 e. The summed E-state index contributed by atoms with van der Waals surface area (Å²) < 4.78 is 23.1. The van der Waals surface area contributed by atoms with Gasteiger partial charge in [0.25, 0.3) is 0 Å². The molecule has 1 saturated carbocycles. The van der Waals surface area contributed by atoms with Crippen LogP contribution in [0.3, 0.4) is 0 Å². The van der Waals surface area contributed by atoms with E-state index in [-0.39, 0.29) is 4.90 Å². The number of hydrogen-bond donors (Lipinski definition) is 2. The predicted molar refractivity (Wildman–Crippen MR) is 74.3 cm³/mol. The number of benzene rings is 1. The molecular weight excluding hydrogens is 248 g/mol. The van der Waals surface area contributed by atoms with Gasteiger partial charge in [0, 0.05) is 12.8 Å². The van der Waals surface area contributed by atoms with Crippen molar-refractivity contribution in [2.24, 2.45) is 11.3 Å². The molecule has 0 heterocycles. The molecule has 0 bridgehead atoms. The van der Waals surface area contributed by atoms with Gasteiger partial charge in [-0.3, -0.25) is 0 Å². The maximum atomic E-state index is 11.6. The fourth-order valence-electron chi connectivity index (χ4n) is 2.18. The van der Waals surface area contributed by atoms with Gasteiger partial charge >= 0.3 is 0 Å². The Morgan fingerprint density at radius 1 is 1.44 bits per heavy atom. The Morgan fingerprint density at radius 2 is 2.06 bits per heavy atom. The fourth-order valence-corrected chi connectivity index (χ4v) is 3.01. The Balaban J connectivity index is 2.15. The van der Waals surface area contributed by atoms with Crippen LogP contribution >= 0.6 is 0 Å².